The molecule has 246 valence electrons. The number of halogens is 2. The number of imide groups is 1. The fourth-order valence-electron chi connectivity index (χ4n) is 6.17. The second-order valence-corrected chi connectivity index (χ2v) is 13.3. The van der Waals surface area contributed by atoms with Gasteiger partial charge in [-0.2, -0.15) is 0 Å². The van der Waals surface area contributed by atoms with Crippen LogP contribution in [0, 0.1) is 5.82 Å². The first-order valence-electron chi connectivity index (χ1n) is 16.1. The molecule has 4 aromatic rings. The Bertz CT molecular complexity index is 1670. The highest BCUT2D eigenvalue weighted by atomic mass is 35.5. The van der Waals surface area contributed by atoms with Crippen LogP contribution in [-0.2, 0) is 19.7 Å². The number of piperidine rings is 1. The molecule has 7 nitrogen and oxygen atoms in total. The molecule has 0 aliphatic carbocycles. The Hall–Kier alpha value is -3.60. The van der Waals surface area contributed by atoms with Gasteiger partial charge in [0.25, 0.3) is 5.91 Å². The summed E-state index contributed by atoms with van der Waals surface area (Å²) < 4.78 is 31.3. The SMILES string of the molecule is O=C(NC(=O)C1(c2ccccc2)CCNCC1)c1cc(-c2ccc(OCCCOC3CCCCO3)cc2)c(-c2ccc(F)cc2Cl)s1. The van der Waals surface area contributed by atoms with Crippen molar-refractivity contribution in [2.24, 2.45) is 0 Å². The van der Waals surface area contributed by atoms with Crippen LogP contribution in [0.4, 0.5) is 4.39 Å². The van der Waals surface area contributed by atoms with Gasteiger partial charge in [0.2, 0.25) is 5.91 Å². The van der Waals surface area contributed by atoms with E-state index in [2.05, 4.69) is 10.6 Å². The Morgan fingerprint density at radius 1 is 0.979 bits per heavy atom. The number of hydrogen-bond donors (Lipinski definition) is 2. The van der Waals surface area contributed by atoms with Crippen LogP contribution >= 0.6 is 22.9 Å². The molecule has 10 heteroatoms. The highest BCUT2D eigenvalue weighted by Gasteiger charge is 2.42. The predicted octanol–water partition coefficient (Wildman–Crippen LogP) is 7.76. The number of rotatable bonds is 11. The van der Waals surface area contributed by atoms with Crippen LogP contribution in [-0.4, -0.2) is 51.0 Å². The number of nitrogens with one attached hydrogen (secondary N) is 2. The van der Waals surface area contributed by atoms with Crippen LogP contribution in [0.15, 0.2) is 78.9 Å². The van der Waals surface area contributed by atoms with Crippen LogP contribution in [0.1, 0.15) is 53.8 Å². The van der Waals surface area contributed by atoms with Gasteiger partial charge in [-0.1, -0.05) is 54.1 Å². The monoisotopic (exact) mass is 676 g/mol. The lowest BCUT2D eigenvalue weighted by Crippen LogP contribution is -2.52. The third-order valence-corrected chi connectivity index (χ3v) is 10.2. The van der Waals surface area contributed by atoms with Gasteiger partial charge in [0, 0.05) is 29.0 Å². The number of thiophene rings is 1. The third kappa shape index (κ3) is 7.93. The van der Waals surface area contributed by atoms with Crippen LogP contribution in [0.3, 0.4) is 0 Å². The van der Waals surface area contributed by atoms with Gasteiger partial charge in [-0.15, -0.1) is 11.3 Å². The van der Waals surface area contributed by atoms with E-state index in [4.69, 9.17) is 25.8 Å². The minimum atomic E-state index is -0.809. The van der Waals surface area contributed by atoms with Gasteiger partial charge in [0.1, 0.15) is 11.6 Å². The van der Waals surface area contributed by atoms with Crippen LogP contribution in [0.25, 0.3) is 21.6 Å². The summed E-state index contributed by atoms with van der Waals surface area (Å²) in [5.41, 5.74) is 2.25. The molecule has 2 aliphatic heterocycles. The second kappa shape index (κ2) is 15.5. The maximum atomic E-state index is 14.0. The highest BCUT2D eigenvalue weighted by molar-refractivity contribution is 7.18. The lowest BCUT2D eigenvalue weighted by atomic mass is 9.72. The summed E-state index contributed by atoms with van der Waals surface area (Å²) in [4.78, 5) is 28.6. The van der Waals surface area contributed by atoms with E-state index in [9.17, 15) is 14.0 Å². The van der Waals surface area contributed by atoms with E-state index in [0.29, 0.717) is 60.2 Å². The van der Waals surface area contributed by atoms with Gasteiger partial charge in [-0.05, 0) is 92.7 Å². The molecule has 47 heavy (non-hydrogen) atoms. The number of carbonyl (C=O) groups excluding carboxylic acids is 2. The molecule has 2 fully saturated rings. The molecule has 0 radical (unpaired) electrons. The van der Waals surface area contributed by atoms with Gasteiger partial charge in [-0.25, -0.2) is 4.39 Å². The molecule has 2 aliphatic rings. The first-order chi connectivity index (χ1) is 22.9. The Kier molecular flexibility index (Phi) is 11.0. The topological polar surface area (TPSA) is 85.9 Å². The zero-order valence-corrected chi connectivity index (χ0v) is 27.6. The maximum Gasteiger partial charge on any atom is 0.267 e. The largest absolute Gasteiger partial charge is 0.494 e. The molecule has 6 rings (SSSR count). The molecule has 2 saturated heterocycles. The number of benzene rings is 3. The molecule has 1 aromatic heterocycles. The molecule has 2 N–H and O–H groups in total. The molecule has 0 saturated carbocycles. The van der Waals surface area contributed by atoms with Crippen molar-refractivity contribution in [3.63, 3.8) is 0 Å². The number of amides is 2. The van der Waals surface area contributed by atoms with Crippen molar-refractivity contribution < 1.29 is 28.2 Å². The standard InChI is InChI=1S/C37H38ClFN2O5S/c38-31-23-27(39)12-15-29(31)34-30(25-10-13-28(14-11-25)44-21-6-22-46-33-9-4-5-20-45-33)24-32(47-34)35(42)41-36(43)37(16-18-40-19-17-37)26-7-2-1-3-8-26/h1-3,7-8,10-15,23-24,33,40H,4-6,9,16-22H2,(H,41,42,43). The average molecular weight is 677 g/mol. The van der Waals surface area contributed by atoms with E-state index in [1.807, 2.05) is 54.6 Å². The number of hydrogen-bond acceptors (Lipinski definition) is 7. The van der Waals surface area contributed by atoms with Crippen molar-refractivity contribution in [3.05, 3.63) is 100 Å². The summed E-state index contributed by atoms with van der Waals surface area (Å²) in [6.45, 7) is 3.17. The van der Waals surface area contributed by atoms with E-state index in [0.717, 1.165) is 49.0 Å². The summed E-state index contributed by atoms with van der Waals surface area (Å²) in [5.74, 6) is -0.548. The number of ether oxygens (including phenoxy) is 3. The molecular formula is C37H38ClFN2O5S. The van der Waals surface area contributed by atoms with E-state index >= 15 is 0 Å². The molecular weight excluding hydrogens is 639 g/mol. The first-order valence-corrected chi connectivity index (χ1v) is 17.3. The molecule has 0 spiro atoms. The lowest BCUT2D eigenvalue weighted by Gasteiger charge is -2.36. The highest BCUT2D eigenvalue weighted by Crippen LogP contribution is 2.43. The minimum Gasteiger partial charge on any atom is -0.494 e. The Balaban J connectivity index is 1.20. The average Bonchev–Trinajstić information content (AvgIpc) is 3.55. The van der Waals surface area contributed by atoms with Gasteiger partial charge >= 0.3 is 0 Å². The molecule has 3 aromatic carbocycles. The predicted molar refractivity (Wildman–Crippen MR) is 183 cm³/mol. The summed E-state index contributed by atoms with van der Waals surface area (Å²) in [5, 5.41) is 6.26. The first kappa shape index (κ1) is 33.3. The fourth-order valence-corrected chi connectivity index (χ4v) is 7.60. The Morgan fingerprint density at radius 2 is 1.77 bits per heavy atom. The summed E-state index contributed by atoms with van der Waals surface area (Å²) in [6.07, 6.45) is 4.93. The summed E-state index contributed by atoms with van der Waals surface area (Å²) >= 11 is 7.73. The Morgan fingerprint density at radius 3 is 2.49 bits per heavy atom. The lowest BCUT2D eigenvalue weighted by molar-refractivity contribution is -0.163. The van der Waals surface area contributed by atoms with Crippen LogP contribution < -0.4 is 15.4 Å². The fraction of sp³-hybridized carbons (Fsp3) is 0.351. The summed E-state index contributed by atoms with van der Waals surface area (Å²) in [6, 6.07) is 23.2. The molecule has 3 heterocycles. The molecule has 0 bridgehead atoms. The van der Waals surface area contributed by atoms with E-state index < -0.39 is 17.1 Å². The van der Waals surface area contributed by atoms with Gasteiger partial charge in [0.05, 0.1) is 28.5 Å². The number of carbonyl (C=O) groups is 2. The van der Waals surface area contributed by atoms with E-state index in [-0.39, 0.29) is 17.2 Å². The normalized spacial score (nSPS) is 17.6. The van der Waals surface area contributed by atoms with E-state index in [1.54, 1.807) is 12.1 Å². The van der Waals surface area contributed by atoms with Crippen molar-refractivity contribution in [1.29, 1.82) is 0 Å². The second-order valence-electron chi connectivity index (χ2n) is 11.9. The quantitative estimate of drug-likeness (QED) is 0.125. The van der Waals surface area contributed by atoms with Gasteiger partial charge in [-0.3, -0.25) is 14.9 Å². The van der Waals surface area contributed by atoms with Crippen molar-refractivity contribution >= 4 is 34.8 Å². The van der Waals surface area contributed by atoms with Gasteiger partial charge < -0.3 is 19.5 Å². The van der Waals surface area contributed by atoms with Crippen molar-refractivity contribution in [2.75, 3.05) is 32.9 Å². The van der Waals surface area contributed by atoms with Gasteiger partial charge in [0.15, 0.2) is 6.29 Å². The van der Waals surface area contributed by atoms with Crippen molar-refractivity contribution in [1.82, 2.24) is 10.6 Å². The maximum absolute atomic E-state index is 14.0. The van der Waals surface area contributed by atoms with Crippen molar-refractivity contribution in [2.45, 2.75) is 50.2 Å². The molecule has 2 amide bonds. The smallest absolute Gasteiger partial charge is 0.267 e. The zero-order valence-electron chi connectivity index (χ0n) is 26.1. The molecule has 1 unspecified atom stereocenters. The minimum absolute atomic E-state index is 0.114. The molecule has 1 atom stereocenters. The van der Waals surface area contributed by atoms with Crippen LogP contribution in [0.2, 0.25) is 5.02 Å². The summed E-state index contributed by atoms with van der Waals surface area (Å²) in [7, 11) is 0. The third-order valence-electron chi connectivity index (χ3n) is 8.74. The Labute approximate surface area is 283 Å². The van der Waals surface area contributed by atoms with Crippen LogP contribution in [0.5, 0.6) is 5.75 Å². The van der Waals surface area contributed by atoms with Crippen molar-refractivity contribution in [3.8, 4) is 27.3 Å². The van der Waals surface area contributed by atoms with E-state index in [1.165, 1.54) is 23.5 Å². The zero-order chi connectivity index (χ0) is 32.6.